The Balaban J connectivity index is 1.48. The second-order valence-corrected chi connectivity index (χ2v) is 8.69. The molecular formula is C21H26ClF4N3O2. The zero-order valence-electron chi connectivity index (χ0n) is 17.2. The molecule has 1 N–H and O–H groups in total. The third kappa shape index (κ3) is 5.88. The minimum Gasteiger partial charge on any atom is -0.352 e. The average molecular weight is 464 g/mol. The Kier molecular flexibility index (Phi) is 7.47. The van der Waals surface area contributed by atoms with Crippen molar-refractivity contribution in [2.45, 2.75) is 50.9 Å². The summed E-state index contributed by atoms with van der Waals surface area (Å²) in [5.41, 5.74) is 0.145. The Morgan fingerprint density at radius 1 is 1.16 bits per heavy atom. The molecule has 0 aromatic heterocycles. The second kappa shape index (κ2) is 9.73. The van der Waals surface area contributed by atoms with Gasteiger partial charge in [0, 0.05) is 23.7 Å². The van der Waals surface area contributed by atoms with Crippen LogP contribution in [0.4, 0.5) is 17.6 Å². The van der Waals surface area contributed by atoms with Gasteiger partial charge in [0.1, 0.15) is 11.9 Å². The van der Waals surface area contributed by atoms with Gasteiger partial charge in [0.2, 0.25) is 5.91 Å². The Bertz CT molecular complexity index is 792. The monoisotopic (exact) mass is 463 g/mol. The van der Waals surface area contributed by atoms with Crippen LogP contribution in [0.15, 0.2) is 18.2 Å². The minimum atomic E-state index is -4.40. The lowest BCUT2D eigenvalue weighted by molar-refractivity contribution is -0.184. The largest absolute Gasteiger partial charge is 0.408 e. The Morgan fingerprint density at radius 3 is 2.45 bits per heavy atom. The first-order chi connectivity index (χ1) is 14.6. The van der Waals surface area contributed by atoms with Crippen molar-refractivity contribution in [1.82, 2.24) is 15.1 Å². The summed E-state index contributed by atoms with van der Waals surface area (Å²) in [6.45, 7) is 3.31. The number of benzene rings is 1. The van der Waals surface area contributed by atoms with Crippen molar-refractivity contribution in [3.8, 4) is 0 Å². The maximum atomic E-state index is 13.4. The fourth-order valence-corrected chi connectivity index (χ4v) is 4.56. The molecule has 10 heteroatoms. The highest BCUT2D eigenvalue weighted by Gasteiger charge is 2.48. The number of halogens is 5. The fourth-order valence-electron chi connectivity index (χ4n) is 4.34. The first-order valence-electron chi connectivity index (χ1n) is 10.4. The Morgan fingerprint density at radius 2 is 1.84 bits per heavy atom. The Hall–Kier alpha value is -1.87. The van der Waals surface area contributed by atoms with Crippen molar-refractivity contribution in [1.29, 1.82) is 0 Å². The molecule has 5 nitrogen and oxygen atoms in total. The van der Waals surface area contributed by atoms with Crippen LogP contribution in [-0.4, -0.2) is 66.1 Å². The van der Waals surface area contributed by atoms with Crippen LogP contribution in [0.3, 0.4) is 0 Å². The summed E-state index contributed by atoms with van der Waals surface area (Å²) >= 11 is 5.78. The third-order valence-electron chi connectivity index (χ3n) is 6.14. The molecule has 2 fully saturated rings. The number of nitrogens with zero attached hydrogens (tertiary/aromatic N) is 2. The van der Waals surface area contributed by atoms with Gasteiger partial charge in [-0.3, -0.25) is 14.5 Å². The van der Waals surface area contributed by atoms with E-state index in [1.54, 1.807) is 6.92 Å². The summed E-state index contributed by atoms with van der Waals surface area (Å²) in [5.74, 6) is -1.31. The molecule has 2 heterocycles. The van der Waals surface area contributed by atoms with E-state index in [4.69, 9.17) is 11.6 Å². The van der Waals surface area contributed by atoms with Crippen LogP contribution in [0.25, 0.3) is 0 Å². The molecule has 2 atom stereocenters. The van der Waals surface area contributed by atoms with Crippen molar-refractivity contribution in [3.63, 3.8) is 0 Å². The highest BCUT2D eigenvalue weighted by atomic mass is 35.5. The van der Waals surface area contributed by atoms with E-state index in [9.17, 15) is 27.2 Å². The predicted molar refractivity (Wildman–Crippen MR) is 108 cm³/mol. The van der Waals surface area contributed by atoms with Gasteiger partial charge in [-0.1, -0.05) is 11.6 Å². The number of piperidine rings is 1. The first kappa shape index (κ1) is 23.8. The SMILES string of the molecule is CC(C(=O)N1CCCC1C(F)(F)F)N1CCC(CNC(=O)c2cc(F)cc(Cl)c2)CC1. The van der Waals surface area contributed by atoms with E-state index in [1.807, 2.05) is 4.90 Å². The molecule has 2 aliphatic rings. The number of carbonyl (C=O) groups is 2. The zero-order valence-corrected chi connectivity index (χ0v) is 18.0. The summed E-state index contributed by atoms with van der Waals surface area (Å²) in [5, 5.41) is 2.92. The first-order valence-corrected chi connectivity index (χ1v) is 10.8. The number of nitrogens with one attached hydrogen (secondary N) is 1. The maximum absolute atomic E-state index is 13.4. The van der Waals surface area contributed by atoms with Crippen molar-refractivity contribution in [3.05, 3.63) is 34.6 Å². The summed E-state index contributed by atoms with van der Waals surface area (Å²) in [6, 6.07) is 1.32. The van der Waals surface area contributed by atoms with Crippen molar-refractivity contribution >= 4 is 23.4 Å². The molecular weight excluding hydrogens is 438 g/mol. The number of rotatable bonds is 5. The van der Waals surface area contributed by atoms with Crippen LogP contribution in [0.5, 0.6) is 0 Å². The van der Waals surface area contributed by atoms with Gasteiger partial charge >= 0.3 is 6.18 Å². The molecule has 31 heavy (non-hydrogen) atoms. The summed E-state index contributed by atoms with van der Waals surface area (Å²) in [7, 11) is 0. The van der Waals surface area contributed by atoms with Gasteiger partial charge in [0.15, 0.2) is 0 Å². The molecule has 1 aromatic carbocycles. The number of alkyl halides is 3. The third-order valence-corrected chi connectivity index (χ3v) is 6.36. The van der Waals surface area contributed by atoms with E-state index in [0.29, 0.717) is 38.9 Å². The molecule has 2 aliphatic heterocycles. The van der Waals surface area contributed by atoms with Crippen molar-refractivity contribution < 1.29 is 27.2 Å². The molecule has 2 amide bonds. The number of carbonyl (C=O) groups excluding carboxylic acids is 2. The summed E-state index contributed by atoms with van der Waals surface area (Å²) in [6.07, 6.45) is -2.68. The molecule has 0 spiro atoms. The van der Waals surface area contributed by atoms with E-state index >= 15 is 0 Å². The van der Waals surface area contributed by atoms with E-state index < -0.39 is 35.9 Å². The van der Waals surface area contributed by atoms with Crippen LogP contribution in [0, 0.1) is 11.7 Å². The second-order valence-electron chi connectivity index (χ2n) is 8.25. The molecule has 0 radical (unpaired) electrons. The molecule has 2 saturated heterocycles. The topological polar surface area (TPSA) is 52.7 Å². The van der Waals surface area contributed by atoms with E-state index in [-0.39, 0.29) is 29.5 Å². The van der Waals surface area contributed by atoms with Gasteiger partial charge in [0.25, 0.3) is 5.91 Å². The van der Waals surface area contributed by atoms with Crippen LogP contribution in [0.2, 0.25) is 5.02 Å². The summed E-state index contributed by atoms with van der Waals surface area (Å²) in [4.78, 5) is 27.8. The lowest BCUT2D eigenvalue weighted by Gasteiger charge is -2.38. The van der Waals surface area contributed by atoms with Crippen LogP contribution in [0.1, 0.15) is 43.0 Å². The van der Waals surface area contributed by atoms with E-state index in [2.05, 4.69) is 5.32 Å². The van der Waals surface area contributed by atoms with Crippen LogP contribution in [-0.2, 0) is 4.79 Å². The van der Waals surface area contributed by atoms with Gasteiger partial charge in [-0.05, 0) is 69.8 Å². The van der Waals surface area contributed by atoms with Gasteiger partial charge in [-0.15, -0.1) is 0 Å². The quantitative estimate of drug-likeness (QED) is 0.675. The molecule has 0 bridgehead atoms. The standard InChI is InChI=1S/C21H26ClF4N3O2/c1-13(20(31)29-6-2-3-18(29)21(24,25)26)28-7-4-14(5-8-28)12-27-19(30)15-9-16(22)11-17(23)10-15/h9-11,13-14,18H,2-8,12H2,1H3,(H,27,30). The zero-order chi connectivity index (χ0) is 22.8. The van der Waals surface area contributed by atoms with Crippen molar-refractivity contribution in [2.75, 3.05) is 26.2 Å². The van der Waals surface area contributed by atoms with Gasteiger partial charge in [-0.25, -0.2) is 4.39 Å². The maximum Gasteiger partial charge on any atom is 0.408 e. The average Bonchev–Trinajstić information content (AvgIpc) is 3.21. The molecule has 0 aliphatic carbocycles. The molecule has 172 valence electrons. The highest BCUT2D eigenvalue weighted by Crippen LogP contribution is 2.33. The summed E-state index contributed by atoms with van der Waals surface area (Å²) < 4.78 is 52.9. The van der Waals surface area contributed by atoms with Crippen LogP contribution >= 0.6 is 11.6 Å². The van der Waals surface area contributed by atoms with Crippen LogP contribution < -0.4 is 5.32 Å². The molecule has 0 saturated carbocycles. The van der Waals surface area contributed by atoms with Gasteiger partial charge in [-0.2, -0.15) is 13.2 Å². The highest BCUT2D eigenvalue weighted by molar-refractivity contribution is 6.31. The fraction of sp³-hybridized carbons (Fsp3) is 0.619. The normalized spacial score (nSPS) is 21.9. The van der Waals surface area contributed by atoms with Gasteiger partial charge in [0.05, 0.1) is 6.04 Å². The number of hydrogen-bond acceptors (Lipinski definition) is 3. The number of likely N-dealkylation sites (tertiary alicyclic amines) is 2. The van der Waals surface area contributed by atoms with E-state index in [1.165, 1.54) is 6.07 Å². The van der Waals surface area contributed by atoms with E-state index in [0.717, 1.165) is 17.0 Å². The number of hydrogen-bond donors (Lipinski definition) is 1. The molecule has 1 aromatic rings. The minimum absolute atomic E-state index is 0.0414. The smallest absolute Gasteiger partial charge is 0.352 e. The molecule has 3 rings (SSSR count). The van der Waals surface area contributed by atoms with Crippen molar-refractivity contribution in [2.24, 2.45) is 5.92 Å². The lowest BCUT2D eigenvalue weighted by Crippen LogP contribution is -2.54. The molecule has 2 unspecified atom stereocenters. The Labute approximate surface area is 183 Å². The predicted octanol–water partition coefficient (Wildman–Crippen LogP) is 3.86. The number of amides is 2. The lowest BCUT2D eigenvalue weighted by atomic mass is 9.95. The van der Waals surface area contributed by atoms with Gasteiger partial charge < -0.3 is 10.2 Å².